The number of para-hydroxylation sites is 1. The Balaban J connectivity index is 1.99. The molecule has 17 heavy (non-hydrogen) atoms. The van der Waals surface area contributed by atoms with E-state index in [0.29, 0.717) is 12.5 Å². The van der Waals surface area contributed by atoms with Crippen LogP contribution in [0.4, 0.5) is 5.69 Å². The summed E-state index contributed by atoms with van der Waals surface area (Å²) >= 11 is 0. The van der Waals surface area contributed by atoms with Crippen molar-refractivity contribution in [1.29, 1.82) is 0 Å². The van der Waals surface area contributed by atoms with Crippen LogP contribution < -0.4 is 11.1 Å². The first-order valence-electron chi connectivity index (χ1n) is 6.28. The van der Waals surface area contributed by atoms with Crippen molar-refractivity contribution in [2.45, 2.75) is 38.6 Å². The Hall–Kier alpha value is -1.51. The molecule has 0 radical (unpaired) electrons. The van der Waals surface area contributed by atoms with E-state index in [2.05, 4.69) is 12.2 Å². The van der Waals surface area contributed by atoms with Crippen LogP contribution >= 0.6 is 0 Å². The molecule has 1 aliphatic carbocycles. The largest absolute Gasteiger partial charge is 0.382 e. The lowest BCUT2D eigenvalue weighted by Gasteiger charge is -2.17. The van der Waals surface area contributed by atoms with Gasteiger partial charge in [-0.3, -0.25) is 4.79 Å². The molecule has 3 nitrogen and oxygen atoms in total. The molecular formula is C14H20N2O. The number of benzene rings is 1. The smallest absolute Gasteiger partial charge is 0.221 e. The third-order valence-corrected chi connectivity index (χ3v) is 3.17. The summed E-state index contributed by atoms with van der Waals surface area (Å²) in [7, 11) is 0. The van der Waals surface area contributed by atoms with Crippen LogP contribution in [0.2, 0.25) is 0 Å². The van der Waals surface area contributed by atoms with Crippen molar-refractivity contribution in [3.8, 4) is 0 Å². The number of carbonyl (C=O) groups excluding carboxylic acids is 1. The second-order valence-electron chi connectivity index (χ2n) is 5.02. The Morgan fingerprint density at radius 3 is 2.82 bits per heavy atom. The van der Waals surface area contributed by atoms with E-state index in [9.17, 15) is 4.79 Å². The second kappa shape index (κ2) is 5.21. The van der Waals surface area contributed by atoms with Crippen molar-refractivity contribution in [3.05, 3.63) is 29.8 Å². The van der Waals surface area contributed by atoms with Crippen LogP contribution in [0, 0.1) is 5.92 Å². The van der Waals surface area contributed by atoms with Crippen LogP contribution in [0.15, 0.2) is 24.3 Å². The highest BCUT2D eigenvalue weighted by Crippen LogP contribution is 2.34. The molecule has 1 unspecified atom stereocenters. The molecule has 0 saturated heterocycles. The fourth-order valence-corrected chi connectivity index (χ4v) is 2.18. The van der Waals surface area contributed by atoms with Crippen LogP contribution in [0.5, 0.6) is 0 Å². The predicted octanol–water partition coefficient (Wildman–Crippen LogP) is 2.31. The maximum atomic E-state index is 11.0. The summed E-state index contributed by atoms with van der Waals surface area (Å²) in [5.74, 6) is 0.620. The van der Waals surface area contributed by atoms with E-state index in [1.54, 1.807) is 0 Å². The molecule has 0 aromatic heterocycles. The number of primary amides is 1. The summed E-state index contributed by atoms with van der Waals surface area (Å²) in [5.41, 5.74) is 7.28. The van der Waals surface area contributed by atoms with Crippen molar-refractivity contribution in [1.82, 2.24) is 0 Å². The number of anilines is 1. The molecule has 0 aliphatic heterocycles. The summed E-state index contributed by atoms with van der Waals surface area (Å²) in [6.45, 7) is 2.19. The fraction of sp³-hybridized carbons (Fsp3) is 0.500. The Labute approximate surface area is 102 Å². The molecule has 1 aromatic rings. The highest BCUT2D eigenvalue weighted by molar-refractivity contribution is 5.78. The summed E-state index contributed by atoms with van der Waals surface area (Å²) in [6, 6.07) is 8.35. The first kappa shape index (κ1) is 12.0. The summed E-state index contributed by atoms with van der Waals surface area (Å²) in [6.07, 6.45) is 4.26. The van der Waals surface area contributed by atoms with Crippen molar-refractivity contribution in [3.63, 3.8) is 0 Å². The van der Waals surface area contributed by atoms with Gasteiger partial charge in [-0.25, -0.2) is 0 Å². The lowest BCUT2D eigenvalue weighted by molar-refractivity contribution is -0.117. The maximum Gasteiger partial charge on any atom is 0.221 e. The molecular weight excluding hydrogens is 212 g/mol. The molecule has 1 atom stereocenters. The van der Waals surface area contributed by atoms with Gasteiger partial charge in [0.2, 0.25) is 5.91 Å². The minimum Gasteiger partial charge on any atom is -0.382 e. The molecule has 92 valence electrons. The standard InChI is InChI=1S/C14H20N2O/c1-10(8-11-6-7-11)16-13-5-3-2-4-12(13)9-14(15)17/h2-5,10-11,16H,6-9H2,1H3,(H2,15,17). The van der Waals surface area contributed by atoms with Crippen LogP contribution in [0.25, 0.3) is 0 Å². The molecule has 0 bridgehead atoms. The van der Waals surface area contributed by atoms with Gasteiger partial charge in [-0.05, 0) is 30.9 Å². The predicted molar refractivity (Wildman–Crippen MR) is 69.8 cm³/mol. The van der Waals surface area contributed by atoms with Crippen molar-refractivity contribution in [2.75, 3.05) is 5.32 Å². The van der Waals surface area contributed by atoms with E-state index in [1.807, 2.05) is 24.3 Å². The summed E-state index contributed by atoms with van der Waals surface area (Å²) in [4.78, 5) is 11.0. The first-order chi connectivity index (χ1) is 8.15. The van der Waals surface area contributed by atoms with Gasteiger partial charge in [-0.15, -0.1) is 0 Å². The third-order valence-electron chi connectivity index (χ3n) is 3.17. The van der Waals surface area contributed by atoms with Gasteiger partial charge >= 0.3 is 0 Å². The first-order valence-corrected chi connectivity index (χ1v) is 6.28. The van der Waals surface area contributed by atoms with Gasteiger partial charge in [0.05, 0.1) is 6.42 Å². The zero-order valence-corrected chi connectivity index (χ0v) is 10.3. The van der Waals surface area contributed by atoms with Crippen LogP contribution in [-0.2, 0) is 11.2 Å². The molecule has 3 heteroatoms. The highest BCUT2D eigenvalue weighted by Gasteiger charge is 2.23. The third kappa shape index (κ3) is 3.77. The van der Waals surface area contributed by atoms with E-state index in [-0.39, 0.29) is 5.91 Å². The van der Waals surface area contributed by atoms with Crippen LogP contribution in [0.3, 0.4) is 0 Å². The Morgan fingerprint density at radius 1 is 1.47 bits per heavy atom. The molecule has 3 N–H and O–H groups in total. The Kier molecular flexibility index (Phi) is 3.67. The quantitative estimate of drug-likeness (QED) is 0.790. The van der Waals surface area contributed by atoms with Gasteiger partial charge in [0.1, 0.15) is 0 Å². The van der Waals surface area contributed by atoms with E-state index in [4.69, 9.17) is 5.73 Å². The SMILES string of the molecule is CC(CC1CC1)Nc1ccccc1CC(N)=O. The number of amides is 1. The molecule has 1 amide bonds. The van der Waals surface area contributed by atoms with E-state index < -0.39 is 0 Å². The number of nitrogens with one attached hydrogen (secondary N) is 1. The Morgan fingerprint density at radius 2 is 2.18 bits per heavy atom. The van der Waals surface area contributed by atoms with Crippen molar-refractivity contribution < 1.29 is 4.79 Å². The number of rotatable bonds is 6. The van der Waals surface area contributed by atoms with Gasteiger partial charge in [-0.2, -0.15) is 0 Å². The molecule has 0 heterocycles. The van der Waals surface area contributed by atoms with Gasteiger partial charge in [0, 0.05) is 11.7 Å². The molecule has 1 aliphatic rings. The minimum atomic E-state index is -0.283. The van der Waals surface area contributed by atoms with Gasteiger partial charge < -0.3 is 11.1 Å². The normalized spacial score (nSPS) is 16.5. The minimum absolute atomic E-state index is 0.283. The molecule has 1 saturated carbocycles. The lowest BCUT2D eigenvalue weighted by atomic mass is 10.1. The van der Waals surface area contributed by atoms with Crippen LogP contribution in [-0.4, -0.2) is 11.9 Å². The second-order valence-corrected chi connectivity index (χ2v) is 5.02. The average molecular weight is 232 g/mol. The molecule has 0 spiro atoms. The monoisotopic (exact) mass is 232 g/mol. The fourth-order valence-electron chi connectivity index (χ4n) is 2.18. The summed E-state index contributed by atoms with van der Waals surface area (Å²) < 4.78 is 0. The van der Waals surface area contributed by atoms with Crippen LogP contribution in [0.1, 0.15) is 31.7 Å². The maximum absolute atomic E-state index is 11.0. The summed E-state index contributed by atoms with van der Waals surface area (Å²) in [5, 5.41) is 3.48. The van der Waals surface area contributed by atoms with Gasteiger partial charge in [-0.1, -0.05) is 31.0 Å². The van der Waals surface area contributed by atoms with Crippen molar-refractivity contribution >= 4 is 11.6 Å². The van der Waals surface area contributed by atoms with Crippen molar-refractivity contribution in [2.24, 2.45) is 11.7 Å². The number of hydrogen-bond donors (Lipinski definition) is 2. The van der Waals surface area contributed by atoms with E-state index in [0.717, 1.165) is 17.2 Å². The lowest BCUT2D eigenvalue weighted by Crippen LogP contribution is -2.19. The number of carbonyl (C=O) groups is 1. The van der Waals surface area contributed by atoms with Gasteiger partial charge in [0.15, 0.2) is 0 Å². The van der Waals surface area contributed by atoms with E-state index >= 15 is 0 Å². The van der Waals surface area contributed by atoms with Gasteiger partial charge in [0.25, 0.3) is 0 Å². The topological polar surface area (TPSA) is 55.1 Å². The molecule has 2 rings (SSSR count). The average Bonchev–Trinajstić information content (AvgIpc) is 3.04. The molecule has 1 fully saturated rings. The van der Waals surface area contributed by atoms with E-state index in [1.165, 1.54) is 19.3 Å². The number of nitrogens with two attached hydrogens (primary N) is 1. The zero-order valence-electron chi connectivity index (χ0n) is 10.3. The highest BCUT2D eigenvalue weighted by atomic mass is 16.1. The zero-order chi connectivity index (χ0) is 12.3. The Bertz CT molecular complexity index is 399. The number of hydrogen-bond acceptors (Lipinski definition) is 2. The molecule has 1 aromatic carbocycles.